The Morgan fingerprint density at radius 1 is 0.333 bits per heavy atom. The van der Waals surface area contributed by atoms with Crippen molar-refractivity contribution >= 4 is 110 Å². The summed E-state index contributed by atoms with van der Waals surface area (Å²) < 4.78 is 13.5. The van der Waals surface area contributed by atoms with Crippen molar-refractivity contribution in [2.24, 2.45) is 0 Å². The summed E-state index contributed by atoms with van der Waals surface area (Å²) in [4.78, 5) is 4.81. The van der Waals surface area contributed by atoms with Crippen LogP contribution in [0.2, 0.25) is 0 Å². The van der Waals surface area contributed by atoms with Gasteiger partial charge in [-0.15, -0.1) is 0 Å². The van der Waals surface area contributed by atoms with Crippen molar-refractivity contribution in [1.29, 1.82) is 0 Å². The molecule has 0 spiro atoms. The van der Waals surface area contributed by atoms with E-state index in [0.29, 0.717) is 0 Å². The van der Waals surface area contributed by atoms with E-state index in [2.05, 4.69) is 232 Å². The largest absolute Gasteiger partial charge is 0.454 e. The molecular formula is C65H46N2O2. The molecule has 69 heavy (non-hydrogen) atoms. The lowest BCUT2D eigenvalue weighted by Crippen LogP contribution is -2.17. The molecule has 0 unspecified atom stereocenters. The highest BCUT2D eigenvalue weighted by Crippen LogP contribution is 2.59. The molecule has 0 aliphatic heterocycles. The van der Waals surface area contributed by atoms with Gasteiger partial charge in [-0.3, -0.25) is 0 Å². The predicted molar refractivity (Wildman–Crippen MR) is 290 cm³/mol. The van der Waals surface area contributed by atoms with E-state index in [1.165, 1.54) is 65.7 Å². The third kappa shape index (κ3) is 5.76. The van der Waals surface area contributed by atoms with Crippen LogP contribution in [0.4, 0.5) is 34.1 Å². The summed E-state index contributed by atoms with van der Waals surface area (Å²) in [7, 11) is 0. The van der Waals surface area contributed by atoms with Gasteiger partial charge in [0, 0.05) is 49.4 Å². The van der Waals surface area contributed by atoms with E-state index in [0.717, 1.165) is 78.0 Å². The van der Waals surface area contributed by atoms with Crippen LogP contribution in [0.5, 0.6) is 0 Å². The van der Waals surface area contributed by atoms with E-state index >= 15 is 0 Å². The zero-order chi connectivity index (χ0) is 46.1. The van der Waals surface area contributed by atoms with Crippen molar-refractivity contribution in [2.75, 3.05) is 9.80 Å². The van der Waals surface area contributed by atoms with Crippen LogP contribution in [-0.4, -0.2) is 0 Å². The summed E-state index contributed by atoms with van der Waals surface area (Å²) in [6.07, 6.45) is 0. The Morgan fingerprint density at radius 3 is 1.43 bits per heavy atom. The zero-order valence-corrected chi connectivity index (χ0v) is 38.8. The number of rotatable bonds is 6. The molecule has 0 atom stereocenters. The van der Waals surface area contributed by atoms with Crippen LogP contribution in [-0.2, 0) is 5.41 Å². The SMILES string of the molecule is Cc1cccc(N(c2ccc3c4c(c5ccccc5c3c2)-c2cc(N(c3cccc(C)c3)c3cccc5c3oc3ccccc35)c3ccccc3c2C4(C)C)c2cccc3c2oc2ccccc23)c1. The second-order valence-corrected chi connectivity index (χ2v) is 19.4. The highest BCUT2D eigenvalue weighted by Gasteiger charge is 2.41. The molecule has 4 nitrogen and oxygen atoms in total. The van der Waals surface area contributed by atoms with E-state index < -0.39 is 0 Å². The van der Waals surface area contributed by atoms with Gasteiger partial charge < -0.3 is 18.6 Å². The van der Waals surface area contributed by atoms with E-state index in [1.54, 1.807) is 0 Å². The molecule has 14 rings (SSSR count). The fourth-order valence-corrected chi connectivity index (χ4v) is 12.0. The third-order valence-corrected chi connectivity index (χ3v) is 14.8. The summed E-state index contributed by atoms with van der Waals surface area (Å²) in [6, 6.07) is 75.1. The van der Waals surface area contributed by atoms with E-state index in [9.17, 15) is 0 Å². The molecular weight excluding hydrogens is 841 g/mol. The lowest BCUT2D eigenvalue weighted by atomic mass is 9.77. The van der Waals surface area contributed by atoms with Gasteiger partial charge in [0.1, 0.15) is 11.2 Å². The molecule has 0 N–H and O–H groups in total. The monoisotopic (exact) mass is 886 g/mol. The fourth-order valence-electron chi connectivity index (χ4n) is 12.0. The maximum atomic E-state index is 6.81. The highest BCUT2D eigenvalue weighted by atomic mass is 16.3. The average molecular weight is 887 g/mol. The topological polar surface area (TPSA) is 32.8 Å². The van der Waals surface area contributed by atoms with Gasteiger partial charge in [-0.25, -0.2) is 0 Å². The lowest BCUT2D eigenvalue weighted by molar-refractivity contribution is 0.668. The third-order valence-electron chi connectivity index (χ3n) is 14.8. The summed E-state index contributed by atoms with van der Waals surface area (Å²) in [5.74, 6) is 0. The Labute approximate surface area is 399 Å². The van der Waals surface area contributed by atoms with Crippen molar-refractivity contribution in [3.63, 3.8) is 0 Å². The molecule has 0 amide bonds. The quantitative estimate of drug-likeness (QED) is 0.156. The van der Waals surface area contributed by atoms with E-state index in [4.69, 9.17) is 8.83 Å². The van der Waals surface area contributed by atoms with Crippen LogP contribution >= 0.6 is 0 Å². The molecule has 4 heteroatoms. The first-order valence-electron chi connectivity index (χ1n) is 23.9. The predicted octanol–water partition coefficient (Wildman–Crippen LogP) is 18.8. The molecule has 1 aliphatic carbocycles. The molecule has 11 aromatic carbocycles. The first kappa shape index (κ1) is 39.6. The van der Waals surface area contributed by atoms with Gasteiger partial charge in [-0.1, -0.05) is 153 Å². The van der Waals surface area contributed by atoms with Crippen molar-refractivity contribution in [3.8, 4) is 11.1 Å². The highest BCUT2D eigenvalue weighted by molar-refractivity contribution is 6.22. The molecule has 13 aromatic rings. The van der Waals surface area contributed by atoms with Gasteiger partial charge in [-0.05, 0) is 141 Å². The number of para-hydroxylation sites is 4. The molecule has 2 heterocycles. The van der Waals surface area contributed by atoms with Crippen LogP contribution in [0.3, 0.4) is 0 Å². The minimum atomic E-state index is -0.352. The Kier molecular flexibility index (Phi) is 8.43. The van der Waals surface area contributed by atoms with Gasteiger partial charge in [0.15, 0.2) is 11.2 Å². The number of furan rings is 2. The second-order valence-electron chi connectivity index (χ2n) is 19.4. The molecule has 0 fully saturated rings. The van der Waals surface area contributed by atoms with Crippen molar-refractivity contribution in [2.45, 2.75) is 33.1 Å². The van der Waals surface area contributed by atoms with Gasteiger partial charge in [0.05, 0.1) is 17.1 Å². The van der Waals surface area contributed by atoms with Crippen molar-refractivity contribution in [3.05, 3.63) is 229 Å². The number of fused-ring (bicyclic) bond motifs is 16. The first-order chi connectivity index (χ1) is 33.8. The van der Waals surface area contributed by atoms with Crippen molar-refractivity contribution < 1.29 is 8.83 Å². The fraction of sp³-hybridized carbons (Fsp3) is 0.0769. The van der Waals surface area contributed by atoms with Gasteiger partial charge in [0.25, 0.3) is 0 Å². The average Bonchev–Trinajstić information content (AvgIpc) is 4.03. The van der Waals surface area contributed by atoms with Crippen LogP contribution in [0, 0.1) is 13.8 Å². The van der Waals surface area contributed by atoms with Crippen LogP contribution in [0.1, 0.15) is 36.1 Å². The summed E-state index contributed by atoms with van der Waals surface area (Å²) in [6.45, 7) is 9.20. The maximum absolute atomic E-state index is 6.81. The van der Waals surface area contributed by atoms with Gasteiger partial charge >= 0.3 is 0 Å². The molecule has 328 valence electrons. The van der Waals surface area contributed by atoms with Crippen LogP contribution < -0.4 is 9.80 Å². The minimum absolute atomic E-state index is 0.352. The first-order valence-corrected chi connectivity index (χ1v) is 23.9. The number of aryl methyl sites for hydroxylation is 2. The molecule has 0 saturated carbocycles. The Balaban J connectivity index is 1.04. The maximum Gasteiger partial charge on any atom is 0.159 e. The minimum Gasteiger partial charge on any atom is -0.454 e. The molecule has 0 radical (unpaired) electrons. The number of benzene rings is 11. The van der Waals surface area contributed by atoms with Gasteiger partial charge in [0.2, 0.25) is 0 Å². The number of anilines is 6. The smallest absolute Gasteiger partial charge is 0.159 e. The standard InChI is InChI=1S/C65H46N2O2/c1-39-17-13-19-41(35-39)66(55-29-15-27-51-46-23-9-11-31-58(46)68-63(51)55)43-33-34-50-53(37-43)44-21-5-7-25-48(44)60-54-38-57(45-22-6-8-26-49(45)61(54)65(3,4)62(50)60)67(42-20-14-18-40(2)36-42)56-30-16-28-52-47-24-10-12-32-59(47)69-64(52)56/h5-38H,1-4H3. The summed E-state index contributed by atoms with van der Waals surface area (Å²) in [5, 5.41) is 11.8. The second kappa shape index (κ2) is 14.7. The van der Waals surface area contributed by atoms with Crippen LogP contribution in [0.25, 0.3) is 87.3 Å². The van der Waals surface area contributed by atoms with Crippen molar-refractivity contribution in [1.82, 2.24) is 0 Å². The van der Waals surface area contributed by atoms with E-state index in [-0.39, 0.29) is 5.41 Å². The zero-order valence-electron chi connectivity index (χ0n) is 38.8. The Hall–Kier alpha value is -8.60. The number of hydrogen-bond donors (Lipinski definition) is 0. The van der Waals surface area contributed by atoms with E-state index in [1.807, 2.05) is 12.1 Å². The number of nitrogens with zero attached hydrogens (tertiary/aromatic N) is 2. The number of hydrogen-bond acceptors (Lipinski definition) is 4. The van der Waals surface area contributed by atoms with Gasteiger partial charge in [-0.2, -0.15) is 0 Å². The normalized spacial score (nSPS) is 13.0. The Bertz CT molecular complexity index is 4280. The lowest BCUT2D eigenvalue weighted by Gasteiger charge is -2.30. The Morgan fingerprint density at radius 2 is 0.812 bits per heavy atom. The molecule has 1 aliphatic rings. The molecule has 0 bridgehead atoms. The molecule has 0 saturated heterocycles. The summed E-state index contributed by atoms with van der Waals surface area (Å²) >= 11 is 0. The molecule has 2 aromatic heterocycles. The van der Waals surface area contributed by atoms with Crippen LogP contribution in [0.15, 0.2) is 215 Å². The summed E-state index contributed by atoms with van der Waals surface area (Å²) in [5.41, 5.74) is 17.2.